The Labute approximate surface area is 128 Å². The molecule has 1 aromatic heterocycles. The van der Waals surface area contributed by atoms with E-state index in [1.807, 2.05) is 18.9 Å². The Morgan fingerprint density at radius 3 is 2.68 bits per heavy atom. The van der Waals surface area contributed by atoms with Gasteiger partial charge in [0, 0.05) is 43.2 Å². The van der Waals surface area contributed by atoms with Crippen LogP contribution in [0, 0.1) is 11.6 Å². The molecule has 1 aromatic carbocycles. The van der Waals surface area contributed by atoms with Crippen molar-refractivity contribution in [2.75, 3.05) is 14.2 Å². The van der Waals surface area contributed by atoms with Crippen molar-refractivity contribution in [2.24, 2.45) is 0 Å². The molecule has 118 valence electrons. The molecule has 4 nitrogen and oxygen atoms in total. The van der Waals surface area contributed by atoms with Crippen LogP contribution < -0.4 is 4.74 Å². The van der Waals surface area contributed by atoms with Crippen LogP contribution in [0.5, 0.6) is 5.75 Å². The predicted octanol–water partition coefficient (Wildman–Crippen LogP) is 2.83. The summed E-state index contributed by atoms with van der Waals surface area (Å²) in [6, 6.07) is 2.60. The van der Waals surface area contributed by atoms with Crippen molar-refractivity contribution in [3.63, 3.8) is 0 Å². The smallest absolute Gasteiger partial charge is 0.167 e. The molecule has 2 aromatic rings. The van der Waals surface area contributed by atoms with Gasteiger partial charge < -0.3 is 4.74 Å². The average Bonchev–Trinajstić information content (AvgIpc) is 2.53. The summed E-state index contributed by atoms with van der Waals surface area (Å²) in [6.07, 6.45) is 5.62. The molecule has 0 aliphatic carbocycles. The molecule has 0 N–H and O–H groups in total. The Hall–Kier alpha value is -2.08. The summed E-state index contributed by atoms with van der Waals surface area (Å²) < 4.78 is 32.5. The fraction of sp³-hybridized carbons (Fsp3) is 0.375. The molecule has 22 heavy (non-hydrogen) atoms. The van der Waals surface area contributed by atoms with Gasteiger partial charge >= 0.3 is 0 Å². The van der Waals surface area contributed by atoms with Crippen molar-refractivity contribution in [3.8, 4) is 5.75 Å². The van der Waals surface area contributed by atoms with Crippen LogP contribution in [0.3, 0.4) is 0 Å². The molecule has 1 atom stereocenters. The molecule has 0 fully saturated rings. The Kier molecular flexibility index (Phi) is 5.38. The van der Waals surface area contributed by atoms with Gasteiger partial charge in [0.1, 0.15) is 5.75 Å². The van der Waals surface area contributed by atoms with Gasteiger partial charge in [-0.25, -0.2) is 8.78 Å². The second-order valence-electron chi connectivity index (χ2n) is 5.21. The Bertz CT molecular complexity index is 622. The zero-order chi connectivity index (χ0) is 16.1. The highest BCUT2D eigenvalue weighted by molar-refractivity contribution is 5.35. The van der Waals surface area contributed by atoms with E-state index in [-0.39, 0.29) is 18.2 Å². The lowest BCUT2D eigenvalue weighted by Crippen LogP contribution is -2.31. The van der Waals surface area contributed by atoms with Gasteiger partial charge in [0.15, 0.2) is 11.6 Å². The quantitative estimate of drug-likeness (QED) is 0.822. The largest absolute Gasteiger partial charge is 0.496 e. The first-order valence-corrected chi connectivity index (χ1v) is 6.99. The lowest BCUT2D eigenvalue weighted by molar-refractivity contribution is 0.238. The number of ether oxygens (including phenoxy) is 1. The van der Waals surface area contributed by atoms with E-state index in [0.717, 1.165) is 11.8 Å². The van der Waals surface area contributed by atoms with E-state index in [1.165, 1.54) is 13.2 Å². The fourth-order valence-corrected chi connectivity index (χ4v) is 2.21. The maximum absolute atomic E-state index is 14.0. The van der Waals surface area contributed by atoms with Gasteiger partial charge in [-0.2, -0.15) is 0 Å². The molecule has 0 saturated heterocycles. The molecule has 0 amide bonds. The molecule has 0 spiro atoms. The standard InChI is InChI=1S/C16H19F2N3O/c1-11(8-12-9-19-6-7-20-12)21(2)10-13-15(22-3)5-4-14(17)16(13)18/h4-7,9,11H,8,10H2,1-3H3. The zero-order valence-electron chi connectivity index (χ0n) is 12.9. The van der Waals surface area contributed by atoms with E-state index in [9.17, 15) is 8.78 Å². The molecular formula is C16H19F2N3O. The predicted molar refractivity (Wildman–Crippen MR) is 79.6 cm³/mol. The van der Waals surface area contributed by atoms with Gasteiger partial charge in [-0.05, 0) is 26.1 Å². The first-order chi connectivity index (χ1) is 10.5. The number of aromatic nitrogens is 2. The number of likely N-dealkylation sites (N-methyl/N-ethyl adjacent to an activating group) is 1. The Morgan fingerprint density at radius 2 is 2.05 bits per heavy atom. The van der Waals surface area contributed by atoms with Crippen LogP contribution >= 0.6 is 0 Å². The van der Waals surface area contributed by atoms with E-state index in [1.54, 1.807) is 18.6 Å². The number of hydrogen-bond acceptors (Lipinski definition) is 4. The van der Waals surface area contributed by atoms with E-state index < -0.39 is 11.6 Å². The summed E-state index contributed by atoms with van der Waals surface area (Å²) in [7, 11) is 3.30. The monoisotopic (exact) mass is 307 g/mol. The molecule has 0 radical (unpaired) electrons. The van der Waals surface area contributed by atoms with Crippen LogP contribution in [0.4, 0.5) is 8.78 Å². The molecule has 1 heterocycles. The summed E-state index contributed by atoms with van der Waals surface area (Å²) in [5.74, 6) is -1.39. The lowest BCUT2D eigenvalue weighted by atomic mass is 10.1. The van der Waals surface area contributed by atoms with E-state index in [0.29, 0.717) is 12.2 Å². The fourth-order valence-electron chi connectivity index (χ4n) is 2.21. The molecule has 0 saturated carbocycles. The van der Waals surface area contributed by atoms with Crippen LogP contribution in [-0.4, -0.2) is 35.1 Å². The van der Waals surface area contributed by atoms with Crippen molar-refractivity contribution < 1.29 is 13.5 Å². The minimum absolute atomic E-state index is 0.0871. The Balaban J connectivity index is 2.11. The van der Waals surface area contributed by atoms with Gasteiger partial charge in [0.25, 0.3) is 0 Å². The van der Waals surface area contributed by atoms with Crippen LogP contribution in [0.25, 0.3) is 0 Å². The topological polar surface area (TPSA) is 38.2 Å². The number of nitrogens with zero attached hydrogens (tertiary/aromatic N) is 3. The third kappa shape index (κ3) is 3.76. The van der Waals surface area contributed by atoms with E-state index >= 15 is 0 Å². The van der Waals surface area contributed by atoms with Gasteiger partial charge in [-0.3, -0.25) is 14.9 Å². The minimum atomic E-state index is -0.870. The molecule has 0 aliphatic heterocycles. The molecule has 0 bridgehead atoms. The lowest BCUT2D eigenvalue weighted by Gasteiger charge is -2.25. The Morgan fingerprint density at radius 1 is 1.27 bits per heavy atom. The van der Waals surface area contributed by atoms with Crippen LogP contribution in [0.15, 0.2) is 30.7 Å². The van der Waals surface area contributed by atoms with E-state index in [4.69, 9.17) is 4.74 Å². The third-order valence-corrected chi connectivity index (χ3v) is 3.65. The second kappa shape index (κ2) is 7.26. The molecular weight excluding hydrogens is 288 g/mol. The summed E-state index contributed by atoms with van der Waals surface area (Å²) in [4.78, 5) is 10.2. The van der Waals surface area contributed by atoms with E-state index in [2.05, 4.69) is 9.97 Å². The van der Waals surface area contributed by atoms with Gasteiger partial charge in [0.05, 0.1) is 12.8 Å². The molecule has 6 heteroatoms. The van der Waals surface area contributed by atoms with Crippen LogP contribution in [-0.2, 0) is 13.0 Å². The van der Waals surface area contributed by atoms with Gasteiger partial charge in [-0.1, -0.05) is 0 Å². The highest BCUT2D eigenvalue weighted by atomic mass is 19.2. The van der Waals surface area contributed by atoms with Crippen LogP contribution in [0.2, 0.25) is 0 Å². The molecule has 0 aliphatic rings. The number of hydrogen-bond donors (Lipinski definition) is 0. The van der Waals surface area contributed by atoms with Gasteiger partial charge in [-0.15, -0.1) is 0 Å². The van der Waals surface area contributed by atoms with Crippen molar-refractivity contribution in [2.45, 2.75) is 25.9 Å². The van der Waals surface area contributed by atoms with Crippen molar-refractivity contribution in [1.29, 1.82) is 0 Å². The zero-order valence-corrected chi connectivity index (χ0v) is 12.9. The number of rotatable bonds is 6. The summed E-state index contributed by atoms with van der Waals surface area (Å²) in [5.41, 5.74) is 1.07. The van der Waals surface area contributed by atoms with Crippen molar-refractivity contribution >= 4 is 0 Å². The highest BCUT2D eigenvalue weighted by Crippen LogP contribution is 2.25. The molecule has 2 rings (SSSR count). The normalized spacial score (nSPS) is 12.5. The number of benzene rings is 1. The van der Waals surface area contributed by atoms with Gasteiger partial charge in [0.2, 0.25) is 0 Å². The summed E-state index contributed by atoms with van der Waals surface area (Å²) in [6.45, 7) is 2.24. The van der Waals surface area contributed by atoms with Crippen LogP contribution in [0.1, 0.15) is 18.2 Å². The van der Waals surface area contributed by atoms with Crippen molar-refractivity contribution in [1.82, 2.24) is 14.9 Å². The summed E-state index contributed by atoms with van der Waals surface area (Å²) in [5, 5.41) is 0. The number of halogens is 2. The first-order valence-electron chi connectivity index (χ1n) is 6.99. The first kappa shape index (κ1) is 16.3. The SMILES string of the molecule is COc1ccc(F)c(F)c1CN(C)C(C)Cc1cnccn1. The minimum Gasteiger partial charge on any atom is -0.496 e. The molecule has 1 unspecified atom stereocenters. The number of methoxy groups -OCH3 is 1. The third-order valence-electron chi connectivity index (χ3n) is 3.65. The van der Waals surface area contributed by atoms with Crippen molar-refractivity contribution in [3.05, 3.63) is 53.6 Å². The second-order valence-corrected chi connectivity index (χ2v) is 5.21. The maximum atomic E-state index is 14.0. The highest BCUT2D eigenvalue weighted by Gasteiger charge is 2.19. The summed E-state index contributed by atoms with van der Waals surface area (Å²) >= 11 is 0. The average molecular weight is 307 g/mol. The maximum Gasteiger partial charge on any atom is 0.167 e.